The van der Waals surface area contributed by atoms with Crippen molar-refractivity contribution in [3.8, 4) is 5.75 Å². The van der Waals surface area contributed by atoms with Crippen LogP contribution >= 0.6 is 34.2 Å². The third-order valence-corrected chi connectivity index (χ3v) is 12.4. The summed E-state index contributed by atoms with van der Waals surface area (Å²) in [6, 6.07) is 5.16. The molecule has 2 aliphatic rings. The van der Waals surface area contributed by atoms with E-state index in [1.54, 1.807) is 27.3 Å². The number of ether oxygens (including phenoxy) is 1. The largest absolute Gasteiger partial charge is 0.511 e. The molecular formula is C20H16ClF5INO5S2. The topological polar surface area (TPSA) is 89.5 Å². The molecule has 15 heteroatoms. The minimum Gasteiger partial charge on any atom is -0.489 e. The van der Waals surface area contributed by atoms with Gasteiger partial charge in [0.1, 0.15) is 17.2 Å². The minimum atomic E-state index is -5.74. The van der Waals surface area contributed by atoms with Gasteiger partial charge in [0.05, 0.1) is 13.9 Å². The van der Waals surface area contributed by atoms with Gasteiger partial charge < -0.3 is 4.74 Å². The Morgan fingerprint density at radius 1 is 1.03 bits per heavy atom. The third-order valence-electron chi connectivity index (χ3n) is 6.26. The van der Waals surface area contributed by atoms with Crippen LogP contribution in [0.2, 0.25) is 5.02 Å². The first-order valence-corrected chi connectivity index (χ1v) is 14.4. The maximum absolute atomic E-state index is 15.3. The molecule has 3 atom stereocenters. The van der Waals surface area contributed by atoms with Crippen molar-refractivity contribution in [1.29, 1.82) is 0 Å². The third kappa shape index (κ3) is 4.12. The number of hydrogen-bond acceptors (Lipinski definition) is 5. The van der Waals surface area contributed by atoms with Crippen molar-refractivity contribution >= 4 is 54.1 Å². The molecule has 4 rings (SSSR count). The molecule has 0 saturated heterocycles. The Morgan fingerprint density at radius 2 is 1.63 bits per heavy atom. The zero-order valence-electron chi connectivity index (χ0n) is 17.4. The summed E-state index contributed by atoms with van der Waals surface area (Å²) in [5.74, 6) is -2.69. The molecule has 1 fully saturated rings. The summed E-state index contributed by atoms with van der Waals surface area (Å²) < 4.78 is 124. The quantitative estimate of drug-likeness (QED) is 0.286. The van der Waals surface area contributed by atoms with E-state index in [1.807, 2.05) is 0 Å². The molecule has 35 heavy (non-hydrogen) atoms. The molecule has 2 aromatic rings. The van der Waals surface area contributed by atoms with Crippen LogP contribution in [0.5, 0.6) is 5.75 Å². The van der Waals surface area contributed by atoms with E-state index in [1.165, 1.54) is 24.3 Å². The maximum Gasteiger partial charge on any atom is 0.511 e. The smallest absolute Gasteiger partial charge is 0.489 e. The fourth-order valence-corrected chi connectivity index (χ4v) is 10.1. The van der Waals surface area contributed by atoms with Gasteiger partial charge in [-0.25, -0.2) is 30.3 Å². The number of hydrogen-bond donors (Lipinski definition) is 1. The summed E-state index contributed by atoms with van der Waals surface area (Å²) in [7, 11) is -10.3. The molecule has 0 unspecified atom stereocenters. The maximum atomic E-state index is 15.3. The lowest BCUT2D eigenvalue weighted by atomic mass is 9.71. The van der Waals surface area contributed by atoms with E-state index in [-0.39, 0.29) is 9.92 Å². The van der Waals surface area contributed by atoms with Gasteiger partial charge in [0.15, 0.2) is 21.4 Å². The molecule has 6 nitrogen and oxygen atoms in total. The van der Waals surface area contributed by atoms with Gasteiger partial charge >= 0.3 is 15.5 Å². The second kappa shape index (κ2) is 8.67. The van der Waals surface area contributed by atoms with Crippen molar-refractivity contribution < 1.29 is 43.5 Å². The van der Waals surface area contributed by atoms with Crippen LogP contribution in [0.25, 0.3) is 0 Å². The Bertz CT molecular complexity index is 1390. The molecule has 0 radical (unpaired) electrons. The lowest BCUT2D eigenvalue weighted by Crippen LogP contribution is -2.64. The van der Waals surface area contributed by atoms with Gasteiger partial charge in [-0.05, 0) is 55.7 Å². The number of fused-ring (bicyclic) bond motifs is 3. The van der Waals surface area contributed by atoms with Crippen LogP contribution < -0.4 is 9.46 Å². The van der Waals surface area contributed by atoms with Crippen LogP contribution in [0.1, 0.15) is 24.8 Å². The van der Waals surface area contributed by atoms with E-state index in [4.69, 9.17) is 16.3 Å². The average molecular weight is 672 g/mol. The molecule has 1 saturated carbocycles. The highest BCUT2D eigenvalue weighted by atomic mass is 127. The van der Waals surface area contributed by atoms with Crippen LogP contribution in [0.15, 0.2) is 41.3 Å². The number of sulfone groups is 1. The lowest BCUT2D eigenvalue weighted by molar-refractivity contribution is -0.0453. The number of alkyl halides is 4. The molecule has 1 heterocycles. The molecule has 2 aromatic carbocycles. The monoisotopic (exact) mass is 671 g/mol. The predicted octanol–water partition coefficient (Wildman–Crippen LogP) is 4.85. The molecular weight excluding hydrogens is 656 g/mol. The normalized spacial score (nSPS) is 27.0. The van der Waals surface area contributed by atoms with E-state index < -0.39 is 88.4 Å². The molecule has 192 valence electrons. The van der Waals surface area contributed by atoms with E-state index in [9.17, 15) is 34.4 Å². The Balaban J connectivity index is 1.92. The van der Waals surface area contributed by atoms with Crippen molar-refractivity contribution in [2.24, 2.45) is 0 Å². The molecule has 0 amide bonds. The van der Waals surface area contributed by atoms with Gasteiger partial charge in [-0.15, -0.1) is 0 Å². The number of rotatable bonds is 4. The number of benzene rings is 2. The first kappa shape index (κ1) is 26.8. The molecule has 1 aliphatic carbocycles. The summed E-state index contributed by atoms with van der Waals surface area (Å²) in [6.07, 6.45) is -1.38. The molecule has 0 spiro atoms. The van der Waals surface area contributed by atoms with Crippen LogP contribution in [0, 0.1) is 11.6 Å². The summed E-state index contributed by atoms with van der Waals surface area (Å²) >= 11 is 7.53. The summed E-state index contributed by atoms with van der Waals surface area (Å²) in [6.45, 7) is -0.530. The highest BCUT2D eigenvalue weighted by Crippen LogP contribution is 2.62. The van der Waals surface area contributed by atoms with Crippen LogP contribution in [-0.2, 0) is 24.6 Å². The van der Waals surface area contributed by atoms with Gasteiger partial charge in [0, 0.05) is 11.1 Å². The lowest BCUT2D eigenvalue weighted by Gasteiger charge is -2.54. The zero-order chi connectivity index (χ0) is 26.0. The first-order chi connectivity index (χ1) is 16.1. The Hall–Kier alpha value is -1.23. The average Bonchev–Trinajstić information content (AvgIpc) is 2.74. The SMILES string of the molecule is O=S(=O)(N[C@@H]1CC[C@@]2(S(=O)(=O)c3ccc(Cl)cc3)c3c(F)ccc(F)c3OC[C@@]2(I)C1)C(F)(F)F. The molecule has 0 bridgehead atoms. The van der Waals surface area contributed by atoms with E-state index >= 15 is 4.39 Å². The number of nitrogens with one attached hydrogen (secondary N) is 1. The van der Waals surface area contributed by atoms with E-state index in [0.717, 1.165) is 12.1 Å². The van der Waals surface area contributed by atoms with Gasteiger partial charge in [-0.2, -0.15) is 13.2 Å². The van der Waals surface area contributed by atoms with Gasteiger partial charge in [0.25, 0.3) is 0 Å². The molecule has 1 N–H and O–H groups in total. The number of halogens is 7. The highest BCUT2D eigenvalue weighted by Gasteiger charge is 2.67. The Morgan fingerprint density at radius 3 is 2.23 bits per heavy atom. The minimum absolute atomic E-state index is 0.219. The van der Waals surface area contributed by atoms with Crippen LogP contribution in [-0.4, -0.2) is 38.4 Å². The number of sulfonamides is 1. The van der Waals surface area contributed by atoms with Crippen molar-refractivity contribution in [1.82, 2.24) is 4.72 Å². The fraction of sp³-hybridized carbons (Fsp3) is 0.400. The Labute approximate surface area is 216 Å². The zero-order valence-corrected chi connectivity index (χ0v) is 21.9. The van der Waals surface area contributed by atoms with Crippen molar-refractivity contribution in [3.63, 3.8) is 0 Å². The summed E-state index contributed by atoms with van der Waals surface area (Å²) in [4.78, 5) is -0.270. The summed E-state index contributed by atoms with van der Waals surface area (Å²) in [5, 5.41) is 0.219. The van der Waals surface area contributed by atoms with Crippen molar-refractivity contribution in [2.45, 2.75) is 43.9 Å². The van der Waals surface area contributed by atoms with Gasteiger partial charge in [-0.1, -0.05) is 34.2 Å². The molecule has 1 aliphatic heterocycles. The highest BCUT2D eigenvalue weighted by molar-refractivity contribution is 14.1. The standard InChI is InChI=1S/C20H16ClF5INO5S2/c21-11-1-3-13(4-2-11)34(29,30)19-8-7-12(28-35(31,32)20(24,25)26)9-18(19,27)10-33-17-15(23)6-5-14(22)16(17)19/h1-6,12,28H,7-10H2/t12-,18+,19-/m1/s1. The summed E-state index contributed by atoms with van der Waals surface area (Å²) in [5.41, 5.74) is -6.16. The first-order valence-electron chi connectivity index (χ1n) is 9.95. The van der Waals surface area contributed by atoms with E-state index in [0.29, 0.717) is 0 Å². The van der Waals surface area contributed by atoms with Crippen LogP contribution in [0.4, 0.5) is 22.0 Å². The second-order valence-corrected chi connectivity index (χ2v) is 14.7. The predicted molar refractivity (Wildman–Crippen MR) is 125 cm³/mol. The van der Waals surface area contributed by atoms with Crippen LogP contribution in [0.3, 0.4) is 0 Å². The second-order valence-electron chi connectivity index (χ2n) is 8.28. The molecule has 0 aromatic heterocycles. The fourth-order valence-electron chi connectivity index (χ4n) is 4.73. The van der Waals surface area contributed by atoms with Crippen molar-refractivity contribution in [3.05, 3.63) is 58.6 Å². The van der Waals surface area contributed by atoms with Gasteiger partial charge in [0.2, 0.25) is 0 Å². The van der Waals surface area contributed by atoms with E-state index in [2.05, 4.69) is 0 Å². The Kier molecular flexibility index (Phi) is 6.64. The van der Waals surface area contributed by atoms with Crippen molar-refractivity contribution in [2.75, 3.05) is 6.61 Å². The van der Waals surface area contributed by atoms with Gasteiger partial charge in [-0.3, -0.25) is 0 Å².